The molecule has 1 aliphatic carbocycles. The Morgan fingerprint density at radius 3 is 2.93 bits per heavy atom. The van der Waals surface area contributed by atoms with Crippen molar-refractivity contribution in [2.75, 3.05) is 13.2 Å². The summed E-state index contributed by atoms with van der Waals surface area (Å²) in [5, 5.41) is 18.3. The number of Topliss-reactive ketones (excluding diaryl/α,β-unsaturated/α-hetero) is 1. The third kappa shape index (κ3) is 4.00. The molecular formula is C20H19N7O3. The number of nitrogens with one attached hydrogen (secondary N) is 2. The van der Waals surface area contributed by atoms with Crippen molar-refractivity contribution in [1.29, 1.82) is 5.26 Å². The molecule has 0 radical (unpaired) electrons. The molecule has 2 heterocycles. The van der Waals surface area contributed by atoms with E-state index in [1.807, 2.05) is 6.07 Å². The first kappa shape index (κ1) is 19.2. The molecule has 10 nitrogen and oxygen atoms in total. The number of aromatic nitrogens is 2. The van der Waals surface area contributed by atoms with Gasteiger partial charge in [-0.05, 0) is 17.7 Å². The topological polar surface area (TPSA) is 146 Å². The maximum Gasteiger partial charge on any atom is 0.272 e. The Labute approximate surface area is 171 Å². The smallest absolute Gasteiger partial charge is 0.272 e. The van der Waals surface area contributed by atoms with Crippen LogP contribution in [0.5, 0.6) is 0 Å². The Morgan fingerprint density at radius 1 is 1.40 bits per heavy atom. The van der Waals surface area contributed by atoms with Crippen LogP contribution in [0, 0.1) is 17.2 Å². The number of ketones is 1. The molecule has 10 heteroatoms. The zero-order chi connectivity index (χ0) is 21.3. The Balaban J connectivity index is 1.45. The van der Waals surface area contributed by atoms with Gasteiger partial charge in [0.05, 0.1) is 36.6 Å². The molecule has 1 aromatic carbocycles. The second kappa shape index (κ2) is 7.71. The first-order chi connectivity index (χ1) is 14.4. The lowest BCUT2D eigenvalue weighted by Crippen LogP contribution is -2.51. The lowest BCUT2D eigenvalue weighted by Gasteiger charge is -2.31. The van der Waals surface area contributed by atoms with Crippen molar-refractivity contribution in [3.8, 4) is 6.07 Å². The quantitative estimate of drug-likeness (QED) is 0.595. The van der Waals surface area contributed by atoms with E-state index in [0.717, 1.165) is 5.56 Å². The second-order valence-electron chi connectivity index (χ2n) is 7.21. The summed E-state index contributed by atoms with van der Waals surface area (Å²) in [5.41, 5.74) is 7.69. The molecule has 2 aromatic rings. The normalized spacial score (nSPS) is 18.1. The summed E-state index contributed by atoms with van der Waals surface area (Å²) in [4.78, 5) is 37.7. The SMILES string of the molecule is N#Cc1cccc(Cn2cc(C(=O)NC3=C(N)N(CC4CC4=O)CNC3=O)cn2)c1. The summed E-state index contributed by atoms with van der Waals surface area (Å²) in [5.74, 6) is -0.789. The number of rotatable bonds is 6. The molecule has 2 amide bonds. The van der Waals surface area contributed by atoms with E-state index in [1.165, 1.54) is 6.20 Å². The predicted molar refractivity (Wildman–Crippen MR) is 104 cm³/mol. The van der Waals surface area contributed by atoms with Crippen molar-refractivity contribution >= 4 is 17.6 Å². The lowest BCUT2D eigenvalue weighted by molar-refractivity contribution is -0.119. The minimum absolute atomic E-state index is 0.0474. The maximum absolute atomic E-state index is 12.6. The van der Waals surface area contributed by atoms with E-state index in [0.29, 0.717) is 25.1 Å². The first-order valence-electron chi connectivity index (χ1n) is 9.33. The van der Waals surface area contributed by atoms with Crippen LogP contribution >= 0.6 is 0 Å². The van der Waals surface area contributed by atoms with Crippen molar-refractivity contribution in [2.45, 2.75) is 13.0 Å². The van der Waals surface area contributed by atoms with Crippen LogP contribution in [0.1, 0.15) is 27.9 Å². The van der Waals surface area contributed by atoms with E-state index >= 15 is 0 Å². The van der Waals surface area contributed by atoms with Crippen molar-refractivity contribution in [3.05, 3.63) is 64.9 Å². The van der Waals surface area contributed by atoms with Crippen LogP contribution in [-0.2, 0) is 16.1 Å². The summed E-state index contributed by atoms with van der Waals surface area (Å²) in [6.45, 7) is 0.981. The van der Waals surface area contributed by atoms with Crippen LogP contribution in [0.25, 0.3) is 0 Å². The number of benzene rings is 1. The van der Waals surface area contributed by atoms with Crippen molar-refractivity contribution in [1.82, 2.24) is 25.3 Å². The number of amides is 2. The molecule has 30 heavy (non-hydrogen) atoms. The van der Waals surface area contributed by atoms with Gasteiger partial charge in [-0.25, -0.2) is 0 Å². The average Bonchev–Trinajstić information content (AvgIpc) is 3.22. The number of nitriles is 1. The highest BCUT2D eigenvalue weighted by atomic mass is 16.2. The molecule has 1 saturated carbocycles. The van der Waals surface area contributed by atoms with Gasteiger partial charge in [0, 0.05) is 25.1 Å². The van der Waals surface area contributed by atoms with Crippen LogP contribution in [0.15, 0.2) is 48.2 Å². The van der Waals surface area contributed by atoms with Crippen LogP contribution in [0.2, 0.25) is 0 Å². The summed E-state index contributed by atoms with van der Waals surface area (Å²) in [6, 6.07) is 9.18. The van der Waals surface area contributed by atoms with Crippen LogP contribution in [0.4, 0.5) is 0 Å². The van der Waals surface area contributed by atoms with Gasteiger partial charge in [-0.2, -0.15) is 10.4 Å². The predicted octanol–water partition coefficient (Wildman–Crippen LogP) is -0.361. The van der Waals surface area contributed by atoms with Gasteiger partial charge in [-0.15, -0.1) is 0 Å². The molecule has 1 aromatic heterocycles. The molecule has 1 aliphatic heterocycles. The van der Waals surface area contributed by atoms with Crippen LogP contribution in [0.3, 0.4) is 0 Å². The molecular weight excluding hydrogens is 386 g/mol. The van der Waals surface area contributed by atoms with Crippen LogP contribution in [-0.4, -0.2) is 45.5 Å². The van der Waals surface area contributed by atoms with Crippen molar-refractivity contribution in [2.24, 2.45) is 11.7 Å². The Kier molecular flexibility index (Phi) is 4.93. The highest BCUT2D eigenvalue weighted by molar-refractivity contribution is 6.03. The Bertz CT molecular complexity index is 1110. The van der Waals surface area contributed by atoms with Crippen molar-refractivity contribution in [3.63, 3.8) is 0 Å². The second-order valence-corrected chi connectivity index (χ2v) is 7.21. The average molecular weight is 405 g/mol. The van der Waals surface area contributed by atoms with Gasteiger partial charge >= 0.3 is 0 Å². The van der Waals surface area contributed by atoms with E-state index in [9.17, 15) is 14.4 Å². The van der Waals surface area contributed by atoms with E-state index in [1.54, 1.807) is 34.0 Å². The molecule has 0 saturated heterocycles. The number of hydrogen-bond donors (Lipinski definition) is 3. The highest BCUT2D eigenvalue weighted by Crippen LogP contribution is 2.26. The standard InChI is InChI=1S/C20H19N7O3/c21-6-12-2-1-3-13(4-12)8-27-10-15(7-24-27)19(29)25-17-18(22)26(11-23-20(17)30)9-14-5-16(14)28/h1-4,7,10,14H,5,8-9,11,22H2,(H,23,30)(H,25,29). The molecule has 0 bridgehead atoms. The van der Waals surface area contributed by atoms with E-state index in [-0.39, 0.29) is 35.5 Å². The molecule has 1 atom stereocenters. The third-order valence-electron chi connectivity index (χ3n) is 4.97. The highest BCUT2D eigenvalue weighted by Gasteiger charge is 2.38. The molecule has 1 fully saturated rings. The van der Waals surface area contributed by atoms with E-state index < -0.39 is 11.8 Å². The molecule has 4 N–H and O–H groups in total. The molecule has 2 aliphatic rings. The number of hydrogen-bond acceptors (Lipinski definition) is 7. The minimum atomic E-state index is -0.524. The van der Waals surface area contributed by atoms with Crippen LogP contribution < -0.4 is 16.4 Å². The number of nitrogens with zero attached hydrogens (tertiary/aromatic N) is 4. The summed E-state index contributed by atoms with van der Waals surface area (Å²) >= 11 is 0. The number of nitrogens with two attached hydrogens (primary N) is 1. The van der Waals surface area contributed by atoms with Gasteiger partial charge in [0.1, 0.15) is 17.3 Å². The fourth-order valence-electron chi connectivity index (χ4n) is 3.19. The zero-order valence-corrected chi connectivity index (χ0v) is 16.0. The largest absolute Gasteiger partial charge is 0.383 e. The van der Waals surface area contributed by atoms with Gasteiger partial charge in [0.2, 0.25) is 0 Å². The molecule has 1 unspecified atom stereocenters. The van der Waals surface area contributed by atoms with Gasteiger partial charge in [-0.3, -0.25) is 19.1 Å². The zero-order valence-electron chi connectivity index (χ0n) is 16.0. The fraction of sp³-hybridized carbons (Fsp3) is 0.250. The fourth-order valence-corrected chi connectivity index (χ4v) is 3.19. The van der Waals surface area contributed by atoms with E-state index in [2.05, 4.69) is 21.8 Å². The molecule has 4 rings (SSSR count). The molecule has 0 spiro atoms. The Hall–Kier alpha value is -4.13. The summed E-state index contributed by atoms with van der Waals surface area (Å²) in [7, 11) is 0. The lowest BCUT2D eigenvalue weighted by atomic mass is 10.1. The third-order valence-corrected chi connectivity index (χ3v) is 4.97. The van der Waals surface area contributed by atoms with Crippen molar-refractivity contribution < 1.29 is 14.4 Å². The number of carbonyl (C=O) groups excluding carboxylic acids is 3. The van der Waals surface area contributed by atoms with Gasteiger partial charge in [0.25, 0.3) is 11.8 Å². The Morgan fingerprint density at radius 2 is 2.20 bits per heavy atom. The maximum atomic E-state index is 12.6. The monoisotopic (exact) mass is 405 g/mol. The summed E-state index contributed by atoms with van der Waals surface area (Å²) < 4.78 is 1.56. The van der Waals surface area contributed by atoms with Gasteiger partial charge < -0.3 is 21.3 Å². The molecule has 152 valence electrons. The van der Waals surface area contributed by atoms with Gasteiger partial charge in [0.15, 0.2) is 0 Å². The van der Waals surface area contributed by atoms with Gasteiger partial charge in [-0.1, -0.05) is 12.1 Å². The number of carbonyl (C=O) groups is 3. The van der Waals surface area contributed by atoms with E-state index in [4.69, 9.17) is 11.0 Å². The minimum Gasteiger partial charge on any atom is -0.383 e. The first-order valence-corrected chi connectivity index (χ1v) is 9.33. The summed E-state index contributed by atoms with van der Waals surface area (Å²) in [6.07, 6.45) is 3.45.